The molecule has 10 heteroatoms. The molecule has 3 aromatic heterocycles. The zero-order valence-electron chi connectivity index (χ0n) is 25.2. The average molecular weight is 611 g/mol. The van der Waals surface area contributed by atoms with Crippen molar-refractivity contribution in [1.82, 2.24) is 14.4 Å². The first-order valence-corrected chi connectivity index (χ1v) is 15.6. The van der Waals surface area contributed by atoms with Crippen LogP contribution in [0.15, 0.2) is 66.4 Å². The van der Waals surface area contributed by atoms with E-state index in [0.29, 0.717) is 45.7 Å². The number of thiazole rings is 1. The van der Waals surface area contributed by atoms with E-state index in [0.717, 1.165) is 29.5 Å². The molecule has 5 aromatic rings. The van der Waals surface area contributed by atoms with E-state index in [-0.39, 0.29) is 17.0 Å². The maximum Gasteiger partial charge on any atom is 0.301 e. The third-order valence-electron chi connectivity index (χ3n) is 8.01. The lowest BCUT2D eigenvalue weighted by Crippen LogP contribution is -2.29. The summed E-state index contributed by atoms with van der Waals surface area (Å²) >= 11 is 1.28. The normalized spacial score (nSPS) is 16.4. The van der Waals surface area contributed by atoms with Gasteiger partial charge in [0.15, 0.2) is 10.9 Å². The number of hydrogen-bond donors (Lipinski definition) is 1. The number of aryl methyl sites for hydroxylation is 2. The van der Waals surface area contributed by atoms with E-state index in [1.54, 1.807) is 13.2 Å². The van der Waals surface area contributed by atoms with Crippen molar-refractivity contribution in [1.29, 1.82) is 0 Å². The maximum atomic E-state index is 13.8. The molecule has 1 saturated heterocycles. The van der Waals surface area contributed by atoms with Crippen LogP contribution in [0, 0.1) is 13.8 Å². The summed E-state index contributed by atoms with van der Waals surface area (Å²) < 4.78 is 14.0. The van der Waals surface area contributed by atoms with Gasteiger partial charge < -0.3 is 19.0 Å². The van der Waals surface area contributed by atoms with Crippen LogP contribution in [0.1, 0.15) is 61.2 Å². The van der Waals surface area contributed by atoms with Gasteiger partial charge in [-0.3, -0.25) is 14.5 Å². The number of anilines is 1. The number of pyridine rings is 1. The van der Waals surface area contributed by atoms with Gasteiger partial charge in [0.05, 0.1) is 41.2 Å². The van der Waals surface area contributed by atoms with Gasteiger partial charge in [-0.15, -0.1) is 0 Å². The molecule has 0 bridgehead atoms. The van der Waals surface area contributed by atoms with Gasteiger partial charge in [-0.25, -0.2) is 9.97 Å². The van der Waals surface area contributed by atoms with Crippen molar-refractivity contribution in [2.45, 2.75) is 52.5 Å². The second kappa shape index (κ2) is 12.1. The van der Waals surface area contributed by atoms with Gasteiger partial charge >= 0.3 is 5.91 Å². The first-order valence-electron chi connectivity index (χ1n) is 14.7. The molecule has 1 atom stereocenters. The molecule has 1 unspecified atom stereocenters. The predicted octanol–water partition coefficient (Wildman–Crippen LogP) is 7.15. The van der Waals surface area contributed by atoms with Crippen molar-refractivity contribution in [2.75, 3.05) is 18.6 Å². The maximum absolute atomic E-state index is 13.8. The van der Waals surface area contributed by atoms with Crippen molar-refractivity contribution in [3.63, 3.8) is 0 Å². The second-order valence-corrected chi connectivity index (χ2v) is 11.9. The molecular formula is C34H34N4O5S. The van der Waals surface area contributed by atoms with E-state index < -0.39 is 17.7 Å². The highest BCUT2D eigenvalue weighted by atomic mass is 32.1. The zero-order chi connectivity index (χ0) is 31.0. The third kappa shape index (κ3) is 5.19. The van der Waals surface area contributed by atoms with Crippen molar-refractivity contribution in [3.05, 3.63) is 88.9 Å². The fourth-order valence-electron chi connectivity index (χ4n) is 5.61. The SMILES string of the molecule is CCCCCCOc1ccc(C2C(=C(O)c3nc4c(C)cccn4c3C)C(=O)C(=O)N2c2nc3ccc(OC)cc3s2)cc1. The monoisotopic (exact) mass is 610 g/mol. The van der Waals surface area contributed by atoms with Crippen LogP contribution in [0.4, 0.5) is 5.13 Å². The van der Waals surface area contributed by atoms with Gasteiger partial charge in [-0.1, -0.05) is 55.7 Å². The van der Waals surface area contributed by atoms with Crippen molar-refractivity contribution < 1.29 is 24.2 Å². The van der Waals surface area contributed by atoms with Gasteiger partial charge in [0.2, 0.25) is 0 Å². The van der Waals surface area contributed by atoms with Gasteiger partial charge in [0.1, 0.15) is 22.8 Å². The van der Waals surface area contributed by atoms with Crippen LogP contribution < -0.4 is 14.4 Å². The number of methoxy groups -OCH3 is 1. The summed E-state index contributed by atoms with van der Waals surface area (Å²) in [5.74, 6) is -0.532. The highest BCUT2D eigenvalue weighted by Gasteiger charge is 2.48. The number of hydrogen-bond acceptors (Lipinski definition) is 8. The number of nitrogens with zero attached hydrogens (tertiary/aromatic N) is 4. The molecule has 1 aliphatic rings. The smallest absolute Gasteiger partial charge is 0.301 e. The molecule has 226 valence electrons. The van der Waals surface area contributed by atoms with Gasteiger partial charge in [0.25, 0.3) is 5.78 Å². The van der Waals surface area contributed by atoms with E-state index in [9.17, 15) is 14.7 Å². The standard InChI is InChI=1S/C34H34N4O5S/c1-5-6-7-8-18-43-23-13-11-22(12-14-23)29-27(30(39)28-21(3)37-17-9-10-20(2)32(37)36-28)31(40)33(41)38(29)34-35-25-16-15-24(42-4)19-26(25)44-34/h9-17,19,29,39H,5-8,18H2,1-4H3. The molecule has 0 aliphatic carbocycles. The molecule has 1 fully saturated rings. The number of ether oxygens (including phenoxy) is 2. The number of rotatable bonds is 10. The summed E-state index contributed by atoms with van der Waals surface area (Å²) in [4.78, 5) is 38.3. The number of unbranched alkanes of at least 4 members (excludes halogenated alkanes) is 3. The Balaban J connectivity index is 1.46. The quantitative estimate of drug-likeness (QED) is 0.0774. The summed E-state index contributed by atoms with van der Waals surface area (Å²) in [6.45, 7) is 6.54. The number of carbonyl (C=O) groups excluding carboxylic acids is 2. The van der Waals surface area contributed by atoms with Crippen molar-refractivity contribution in [3.8, 4) is 11.5 Å². The number of carbonyl (C=O) groups is 2. The number of Topliss-reactive ketones (excluding diaryl/α,β-unsaturated/α-hetero) is 1. The van der Waals surface area contributed by atoms with Gasteiger partial charge in [-0.2, -0.15) is 0 Å². The van der Waals surface area contributed by atoms with Crippen LogP contribution in [0.5, 0.6) is 11.5 Å². The number of ketones is 1. The first-order chi connectivity index (χ1) is 21.3. The highest BCUT2D eigenvalue weighted by molar-refractivity contribution is 7.22. The molecule has 6 rings (SSSR count). The Morgan fingerprint density at radius 2 is 1.77 bits per heavy atom. The molecule has 9 nitrogen and oxygen atoms in total. The zero-order valence-corrected chi connectivity index (χ0v) is 26.0. The average Bonchev–Trinajstić information content (AvgIpc) is 3.69. The number of amides is 1. The number of benzene rings is 2. The van der Waals surface area contributed by atoms with E-state index in [1.807, 2.05) is 73.0 Å². The lowest BCUT2D eigenvalue weighted by Gasteiger charge is -2.23. The van der Waals surface area contributed by atoms with Crippen LogP contribution in [0.2, 0.25) is 0 Å². The molecule has 1 amide bonds. The number of fused-ring (bicyclic) bond motifs is 2. The lowest BCUT2D eigenvalue weighted by molar-refractivity contribution is -0.132. The molecule has 0 spiro atoms. The molecule has 2 aromatic carbocycles. The Labute approximate surface area is 259 Å². The lowest BCUT2D eigenvalue weighted by atomic mass is 9.96. The van der Waals surface area contributed by atoms with Crippen molar-refractivity contribution in [2.24, 2.45) is 0 Å². The van der Waals surface area contributed by atoms with Crippen LogP contribution >= 0.6 is 11.3 Å². The third-order valence-corrected chi connectivity index (χ3v) is 9.02. The van der Waals surface area contributed by atoms with E-state index in [4.69, 9.17) is 19.4 Å². The Hall–Kier alpha value is -4.70. The molecular weight excluding hydrogens is 576 g/mol. The Morgan fingerprint density at radius 1 is 1.00 bits per heavy atom. The van der Waals surface area contributed by atoms with Crippen LogP contribution in [-0.2, 0) is 9.59 Å². The summed E-state index contributed by atoms with van der Waals surface area (Å²) in [7, 11) is 1.59. The number of aliphatic hydroxyl groups is 1. The Kier molecular flexibility index (Phi) is 8.09. The predicted molar refractivity (Wildman–Crippen MR) is 172 cm³/mol. The topological polar surface area (TPSA) is 106 Å². The number of aliphatic hydroxyl groups excluding tert-OH is 1. The molecule has 0 saturated carbocycles. The van der Waals surface area contributed by atoms with E-state index in [2.05, 4.69) is 6.92 Å². The molecule has 4 heterocycles. The number of imidazole rings is 1. The molecule has 1 N–H and O–H groups in total. The molecule has 0 radical (unpaired) electrons. The largest absolute Gasteiger partial charge is 0.505 e. The number of aromatic nitrogens is 3. The van der Waals surface area contributed by atoms with Gasteiger partial charge in [-0.05, 0) is 67.8 Å². The van der Waals surface area contributed by atoms with E-state index >= 15 is 0 Å². The Bertz CT molecular complexity index is 1910. The molecule has 44 heavy (non-hydrogen) atoms. The van der Waals surface area contributed by atoms with E-state index in [1.165, 1.54) is 22.7 Å². The summed E-state index contributed by atoms with van der Waals surface area (Å²) in [5.41, 5.74) is 3.76. The minimum absolute atomic E-state index is 0.0378. The summed E-state index contributed by atoms with van der Waals surface area (Å²) in [5, 5.41) is 12.1. The van der Waals surface area contributed by atoms with Crippen LogP contribution in [0.3, 0.4) is 0 Å². The summed E-state index contributed by atoms with van der Waals surface area (Å²) in [6, 6.07) is 15.7. The van der Waals surface area contributed by atoms with Gasteiger partial charge in [0, 0.05) is 6.20 Å². The Morgan fingerprint density at radius 3 is 2.50 bits per heavy atom. The fraction of sp³-hybridized carbons (Fsp3) is 0.294. The highest BCUT2D eigenvalue weighted by Crippen LogP contribution is 2.45. The first kappa shape index (κ1) is 29.4. The molecule has 1 aliphatic heterocycles. The minimum Gasteiger partial charge on any atom is -0.505 e. The van der Waals surface area contributed by atoms with Crippen molar-refractivity contribution >= 4 is 49.8 Å². The minimum atomic E-state index is -0.929. The van der Waals surface area contributed by atoms with Crippen LogP contribution in [0.25, 0.3) is 21.6 Å². The summed E-state index contributed by atoms with van der Waals surface area (Å²) in [6.07, 6.45) is 6.26. The fourth-order valence-corrected chi connectivity index (χ4v) is 6.63. The second-order valence-electron chi connectivity index (χ2n) is 10.9. The van der Waals surface area contributed by atoms with Crippen LogP contribution in [-0.4, -0.2) is 44.9 Å².